The minimum absolute atomic E-state index is 0.0949. The normalized spacial score (nSPS) is 22.4. The quantitative estimate of drug-likeness (QED) is 0.865. The number of rotatable bonds is 4. The maximum Gasteiger partial charge on any atom is 0.316 e. The predicted molar refractivity (Wildman–Crippen MR) is 82.6 cm³/mol. The molecule has 1 aromatic rings. The predicted octanol–water partition coefficient (Wildman–Crippen LogP) is 2.46. The molecule has 2 fully saturated rings. The van der Waals surface area contributed by atoms with Crippen molar-refractivity contribution in [2.75, 3.05) is 13.2 Å². The molecule has 1 heterocycles. The van der Waals surface area contributed by atoms with Crippen LogP contribution in [0.15, 0.2) is 24.3 Å². The van der Waals surface area contributed by atoms with Crippen molar-refractivity contribution in [2.24, 2.45) is 5.73 Å². The van der Waals surface area contributed by atoms with Gasteiger partial charge in [0.2, 0.25) is 0 Å². The van der Waals surface area contributed by atoms with Gasteiger partial charge in [0, 0.05) is 11.6 Å². The molecule has 2 amide bonds. The lowest BCUT2D eigenvalue weighted by molar-refractivity contribution is -0.148. The monoisotopic (exact) mass is 322 g/mol. The van der Waals surface area contributed by atoms with Crippen LogP contribution in [0.3, 0.4) is 0 Å². The first-order valence-electron chi connectivity index (χ1n) is 7.52. The highest BCUT2D eigenvalue weighted by molar-refractivity contribution is 6.30. The fourth-order valence-electron chi connectivity index (χ4n) is 3.11. The summed E-state index contributed by atoms with van der Waals surface area (Å²) in [6.07, 6.45) is 3.30. The van der Waals surface area contributed by atoms with E-state index in [1.54, 1.807) is 17.0 Å². The van der Waals surface area contributed by atoms with E-state index < -0.39 is 11.4 Å². The molecule has 3 rings (SSSR count). The number of nitrogens with two attached hydrogens (primary N) is 1. The number of hydrogen-bond donors (Lipinski definition) is 1. The third kappa shape index (κ3) is 2.77. The number of primary amides is 1. The van der Waals surface area contributed by atoms with E-state index in [1.165, 1.54) is 0 Å². The molecule has 1 saturated carbocycles. The number of ether oxygens (including phenoxy) is 1. The maximum absolute atomic E-state index is 12.5. The van der Waals surface area contributed by atoms with Gasteiger partial charge in [-0.05, 0) is 43.4 Å². The van der Waals surface area contributed by atoms with Crippen LogP contribution in [0.1, 0.15) is 31.2 Å². The van der Waals surface area contributed by atoms with E-state index in [-0.39, 0.29) is 18.6 Å². The fraction of sp³-hybridized carbons (Fsp3) is 0.500. The van der Waals surface area contributed by atoms with Gasteiger partial charge < -0.3 is 15.4 Å². The lowest BCUT2D eigenvalue weighted by Gasteiger charge is -2.23. The first kappa shape index (κ1) is 15.2. The average molecular weight is 323 g/mol. The molecule has 2 aliphatic rings. The number of esters is 1. The van der Waals surface area contributed by atoms with Crippen molar-refractivity contribution in [1.29, 1.82) is 0 Å². The molecule has 1 aromatic carbocycles. The van der Waals surface area contributed by atoms with E-state index in [4.69, 9.17) is 22.1 Å². The second kappa shape index (κ2) is 5.80. The van der Waals surface area contributed by atoms with Crippen molar-refractivity contribution in [1.82, 2.24) is 4.90 Å². The third-order valence-electron chi connectivity index (χ3n) is 4.60. The smallest absolute Gasteiger partial charge is 0.316 e. The standard InChI is InChI=1S/C16H19ClN2O3/c17-12-5-3-11(4-6-12)16(7-8-16)14(20)22-10-13-2-1-9-19(13)15(18)21/h3-6,13H,1-2,7-10H2,(H2,18,21). The minimum atomic E-state index is -0.527. The molecule has 1 aliphatic carbocycles. The van der Waals surface area contributed by atoms with Gasteiger partial charge in [0.05, 0.1) is 11.5 Å². The molecule has 1 atom stereocenters. The second-order valence-corrected chi connectivity index (χ2v) is 6.45. The van der Waals surface area contributed by atoms with Crippen LogP contribution in [-0.2, 0) is 14.9 Å². The Balaban J connectivity index is 1.62. The zero-order valence-corrected chi connectivity index (χ0v) is 13.0. The molecule has 0 spiro atoms. The van der Waals surface area contributed by atoms with Crippen molar-refractivity contribution in [3.8, 4) is 0 Å². The van der Waals surface area contributed by atoms with Crippen LogP contribution in [0.4, 0.5) is 4.79 Å². The number of carbonyl (C=O) groups is 2. The Hall–Kier alpha value is -1.75. The van der Waals surface area contributed by atoms with E-state index in [9.17, 15) is 9.59 Å². The number of likely N-dealkylation sites (tertiary alicyclic amines) is 1. The summed E-state index contributed by atoms with van der Waals surface area (Å²) in [7, 11) is 0. The number of nitrogens with zero attached hydrogens (tertiary/aromatic N) is 1. The van der Waals surface area contributed by atoms with Gasteiger partial charge in [-0.3, -0.25) is 4.79 Å². The Bertz CT molecular complexity index is 584. The van der Waals surface area contributed by atoms with Crippen LogP contribution in [0.25, 0.3) is 0 Å². The van der Waals surface area contributed by atoms with Gasteiger partial charge in [-0.15, -0.1) is 0 Å². The largest absolute Gasteiger partial charge is 0.463 e. The summed E-state index contributed by atoms with van der Waals surface area (Å²) in [5, 5.41) is 0.649. The second-order valence-electron chi connectivity index (χ2n) is 6.02. The van der Waals surface area contributed by atoms with E-state index in [2.05, 4.69) is 0 Å². The highest BCUT2D eigenvalue weighted by atomic mass is 35.5. The minimum Gasteiger partial charge on any atom is -0.463 e. The lowest BCUT2D eigenvalue weighted by Crippen LogP contribution is -2.42. The number of benzene rings is 1. The maximum atomic E-state index is 12.5. The zero-order valence-electron chi connectivity index (χ0n) is 12.3. The van der Waals surface area contributed by atoms with Gasteiger partial charge in [-0.25, -0.2) is 4.79 Å². The Morgan fingerprint density at radius 3 is 2.59 bits per heavy atom. The van der Waals surface area contributed by atoms with Crippen LogP contribution in [-0.4, -0.2) is 36.1 Å². The van der Waals surface area contributed by atoms with Gasteiger partial charge in [-0.1, -0.05) is 23.7 Å². The van der Waals surface area contributed by atoms with Crippen molar-refractivity contribution in [3.05, 3.63) is 34.9 Å². The summed E-state index contributed by atoms with van der Waals surface area (Å²) in [6.45, 7) is 0.858. The Morgan fingerprint density at radius 1 is 1.32 bits per heavy atom. The molecule has 2 N–H and O–H groups in total. The molecule has 1 aliphatic heterocycles. The van der Waals surface area contributed by atoms with Crippen molar-refractivity contribution in [3.63, 3.8) is 0 Å². The van der Waals surface area contributed by atoms with Gasteiger partial charge in [0.25, 0.3) is 0 Å². The van der Waals surface area contributed by atoms with Gasteiger partial charge in [0.1, 0.15) is 6.61 Å². The van der Waals surface area contributed by atoms with Crippen molar-refractivity contribution >= 4 is 23.6 Å². The first-order chi connectivity index (χ1) is 10.5. The van der Waals surface area contributed by atoms with Crippen LogP contribution in [0.5, 0.6) is 0 Å². The molecule has 1 unspecified atom stereocenters. The van der Waals surface area contributed by atoms with Gasteiger partial charge >= 0.3 is 12.0 Å². The molecule has 5 nitrogen and oxygen atoms in total. The number of amides is 2. The SMILES string of the molecule is NC(=O)N1CCCC1COC(=O)C1(c2ccc(Cl)cc2)CC1. The molecule has 118 valence electrons. The van der Waals surface area contributed by atoms with Crippen LogP contribution in [0, 0.1) is 0 Å². The van der Waals surface area contributed by atoms with Crippen molar-refractivity contribution in [2.45, 2.75) is 37.1 Å². The average Bonchev–Trinajstić information content (AvgIpc) is 3.17. The topological polar surface area (TPSA) is 72.6 Å². The third-order valence-corrected chi connectivity index (χ3v) is 4.86. The molecular formula is C16H19ClN2O3. The van der Waals surface area contributed by atoms with Gasteiger partial charge in [-0.2, -0.15) is 0 Å². The molecule has 6 heteroatoms. The number of urea groups is 1. The highest BCUT2D eigenvalue weighted by Crippen LogP contribution is 2.49. The summed E-state index contributed by atoms with van der Waals surface area (Å²) >= 11 is 5.89. The molecule has 0 aromatic heterocycles. The number of hydrogen-bond acceptors (Lipinski definition) is 3. The Labute approximate surface area is 134 Å². The Morgan fingerprint density at radius 2 is 2.00 bits per heavy atom. The van der Waals surface area contributed by atoms with E-state index in [1.807, 2.05) is 12.1 Å². The summed E-state index contributed by atoms with van der Waals surface area (Å²) < 4.78 is 5.50. The molecule has 22 heavy (non-hydrogen) atoms. The lowest BCUT2D eigenvalue weighted by atomic mass is 9.96. The molecule has 1 saturated heterocycles. The molecular weight excluding hydrogens is 304 g/mol. The molecule has 0 radical (unpaired) electrons. The zero-order chi connectivity index (χ0) is 15.7. The number of carbonyl (C=O) groups excluding carboxylic acids is 2. The van der Waals surface area contributed by atoms with Crippen LogP contribution < -0.4 is 5.73 Å². The fourth-order valence-corrected chi connectivity index (χ4v) is 3.24. The van der Waals surface area contributed by atoms with Crippen LogP contribution >= 0.6 is 11.6 Å². The number of halogens is 1. The summed E-state index contributed by atoms with van der Waals surface area (Å²) in [5.41, 5.74) is 5.75. The first-order valence-corrected chi connectivity index (χ1v) is 7.90. The summed E-state index contributed by atoms with van der Waals surface area (Å²) in [6, 6.07) is 6.79. The van der Waals surface area contributed by atoms with E-state index in [0.717, 1.165) is 31.2 Å². The van der Waals surface area contributed by atoms with E-state index in [0.29, 0.717) is 11.6 Å². The summed E-state index contributed by atoms with van der Waals surface area (Å²) in [5.74, 6) is -0.217. The molecule has 0 bridgehead atoms. The Kier molecular flexibility index (Phi) is 4.00. The van der Waals surface area contributed by atoms with E-state index >= 15 is 0 Å². The van der Waals surface area contributed by atoms with Crippen molar-refractivity contribution < 1.29 is 14.3 Å². The van der Waals surface area contributed by atoms with Gasteiger partial charge in [0.15, 0.2) is 0 Å². The van der Waals surface area contributed by atoms with Crippen LogP contribution in [0.2, 0.25) is 5.02 Å². The summed E-state index contributed by atoms with van der Waals surface area (Å²) in [4.78, 5) is 25.3. The highest BCUT2D eigenvalue weighted by Gasteiger charge is 2.53.